The predicted octanol–water partition coefficient (Wildman–Crippen LogP) is 4.94. The van der Waals surface area contributed by atoms with Crippen LogP contribution in [0.25, 0.3) is 0 Å². The van der Waals surface area contributed by atoms with E-state index in [4.69, 9.17) is 5.41 Å². The van der Waals surface area contributed by atoms with Crippen LogP contribution in [0.2, 0.25) is 0 Å². The summed E-state index contributed by atoms with van der Waals surface area (Å²) in [5.41, 5.74) is 3.29. The van der Waals surface area contributed by atoms with Crippen LogP contribution in [0, 0.1) is 5.41 Å². The van der Waals surface area contributed by atoms with Crippen LogP contribution >= 0.6 is 11.5 Å². The minimum atomic E-state index is -0.200. The number of benzene rings is 3. The third-order valence-electron chi connectivity index (χ3n) is 4.68. The fourth-order valence-electron chi connectivity index (χ4n) is 3.06. The molecular weight excluding hydrogens is 408 g/mol. The molecule has 154 valence electrons. The van der Waals surface area contributed by atoms with Crippen molar-refractivity contribution in [3.8, 4) is 5.88 Å². The smallest absolute Gasteiger partial charge is 0.236 e. The SMILES string of the molecule is N=C(NCc1ccccc1)c1c(O)nsc1Nc1ccc(C(=O)c2ccccc2)cc1. The molecule has 0 saturated heterocycles. The molecular formula is C24H20N4O2S. The van der Waals surface area contributed by atoms with Gasteiger partial charge in [-0.25, -0.2) is 0 Å². The maximum Gasteiger partial charge on any atom is 0.236 e. The fourth-order valence-corrected chi connectivity index (χ4v) is 3.78. The van der Waals surface area contributed by atoms with Gasteiger partial charge in [-0.15, -0.1) is 0 Å². The second-order valence-corrected chi connectivity index (χ2v) is 7.60. The third-order valence-corrected chi connectivity index (χ3v) is 5.43. The molecule has 0 aliphatic carbocycles. The number of hydrogen-bond donors (Lipinski definition) is 4. The number of nitrogens with one attached hydrogen (secondary N) is 3. The Labute approximate surface area is 183 Å². The Morgan fingerprint density at radius 3 is 2.19 bits per heavy atom. The van der Waals surface area contributed by atoms with Gasteiger partial charge in [0.05, 0.1) is 0 Å². The molecule has 0 unspecified atom stereocenters. The first-order chi connectivity index (χ1) is 15.1. The Bertz CT molecular complexity index is 1190. The molecule has 0 spiro atoms. The lowest BCUT2D eigenvalue weighted by Crippen LogP contribution is -2.23. The standard InChI is InChI=1S/C24H20N4O2S/c25-22(26-15-16-7-3-1-4-8-16)20-23(30)28-31-24(20)27-19-13-11-18(12-14-19)21(29)17-9-5-2-6-10-17/h1-14,27H,15H2,(H2,25,26)(H,28,30). The highest BCUT2D eigenvalue weighted by Crippen LogP contribution is 2.32. The molecule has 7 heteroatoms. The maximum absolute atomic E-state index is 12.6. The summed E-state index contributed by atoms with van der Waals surface area (Å²) in [5.74, 6) is -0.169. The highest BCUT2D eigenvalue weighted by molar-refractivity contribution is 7.11. The summed E-state index contributed by atoms with van der Waals surface area (Å²) >= 11 is 1.07. The summed E-state index contributed by atoms with van der Waals surface area (Å²) in [6, 6.07) is 25.9. The summed E-state index contributed by atoms with van der Waals surface area (Å²) < 4.78 is 3.97. The zero-order chi connectivity index (χ0) is 21.6. The van der Waals surface area contributed by atoms with Gasteiger partial charge in [-0.1, -0.05) is 60.7 Å². The molecule has 0 atom stereocenters. The van der Waals surface area contributed by atoms with E-state index in [2.05, 4.69) is 15.0 Å². The minimum absolute atomic E-state index is 0.0461. The topological polar surface area (TPSA) is 98.1 Å². The van der Waals surface area contributed by atoms with Crippen molar-refractivity contribution in [3.05, 3.63) is 107 Å². The van der Waals surface area contributed by atoms with Gasteiger partial charge in [0.1, 0.15) is 16.4 Å². The monoisotopic (exact) mass is 428 g/mol. The van der Waals surface area contributed by atoms with Crippen molar-refractivity contribution in [2.45, 2.75) is 6.54 Å². The lowest BCUT2D eigenvalue weighted by molar-refractivity contribution is 0.103. The number of aromatic hydroxyl groups is 1. The van der Waals surface area contributed by atoms with E-state index in [9.17, 15) is 9.90 Å². The van der Waals surface area contributed by atoms with E-state index in [0.29, 0.717) is 28.2 Å². The fraction of sp³-hybridized carbons (Fsp3) is 0.0417. The number of nitrogens with zero attached hydrogens (tertiary/aromatic N) is 1. The van der Waals surface area contributed by atoms with Crippen LogP contribution in [-0.2, 0) is 6.54 Å². The number of hydrogen-bond acceptors (Lipinski definition) is 6. The van der Waals surface area contributed by atoms with Crippen molar-refractivity contribution in [1.29, 1.82) is 5.41 Å². The summed E-state index contributed by atoms with van der Waals surface area (Å²) in [5, 5.41) is 25.2. The molecule has 0 saturated carbocycles. The maximum atomic E-state index is 12.6. The Morgan fingerprint density at radius 1 is 0.903 bits per heavy atom. The molecule has 3 aromatic carbocycles. The summed E-state index contributed by atoms with van der Waals surface area (Å²) in [7, 11) is 0. The van der Waals surface area contributed by atoms with Crippen molar-refractivity contribution in [2.75, 3.05) is 5.32 Å². The van der Waals surface area contributed by atoms with E-state index in [0.717, 1.165) is 22.8 Å². The molecule has 0 aliphatic heterocycles. The van der Waals surface area contributed by atoms with Crippen LogP contribution in [0.5, 0.6) is 5.88 Å². The quantitative estimate of drug-likeness (QED) is 0.190. The van der Waals surface area contributed by atoms with E-state index >= 15 is 0 Å². The number of ketones is 1. The number of aromatic nitrogens is 1. The van der Waals surface area contributed by atoms with Gasteiger partial charge in [-0.05, 0) is 41.4 Å². The van der Waals surface area contributed by atoms with E-state index in [1.807, 2.05) is 48.5 Å². The minimum Gasteiger partial charge on any atom is -0.492 e. The predicted molar refractivity (Wildman–Crippen MR) is 123 cm³/mol. The average molecular weight is 429 g/mol. The first kappa shape index (κ1) is 20.3. The lowest BCUT2D eigenvalue weighted by atomic mass is 10.0. The summed E-state index contributed by atoms with van der Waals surface area (Å²) in [6.07, 6.45) is 0. The second kappa shape index (κ2) is 9.23. The molecule has 6 nitrogen and oxygen atoms in total. The molecule has 4 N–H and O–H groups in total. The van der Waals surface area contributed by atoms with Gasteiger partial charge in [0.25, 0.3) is 0 Å². The number of amidine groups is 1. The largest absolute Gasteiger partial charge is 0.492 e. The molecule has 0 fully saturated rings. The molecule has 4 aromatic rings. The molecule has 0 amide bonds. The van der Waals surface area contributed by atoms with Gasteiger partial charge >= 0.3 is 0 Å². The zero-order valence-corrected chi connectivity index (χ0v) is 17.3. The van der Waals surface area contributed by atoms with E-state index in [1.54, 1.807) is 36.4 Å². The summed E-state index contributed by atoms with van der Waals surface area (Å²) in [4.78, 5) is 12.6. The molecule has 0 bridgehead atoms. The van der Waals surface area contributed by atoms with Crippen molar-refractivity contribution >= 4 is 33.8 Å². The third kappa shape index (κ3) is 4.79. The van der Waals surface area contributed by atoms with E-state index in [-0.39, 0.29) is 17.5 Å². The second-order valence-electron chi connectivity index (χ2n) is 6.82. The van der Waals surface area contributed by atoms with Gasteiger partial charge in [0.15, 0.2) is 5.78 Å². The normalized spacial score (nSPS) is 10.5. The molecule has 31 heavy (non-hydrogen) atoms. The Balaban J connectivity index is 1.46. The molecule has 4 rings (SSSR count). The van der Waals surface area contributed by atoms with E-state index in [1.165, 1.54) is 0 Å². The lowest BCUT2D eigenvalue weighted by Gasteiger charge is -2.11. The van der Waals surface area contributed by atoms with Crippen molar-refractivity contribution < 1.29 is 9.90 Å². The van der Waals surface area contributed by atoms with Gasteiger partial charge < -0.3 is 15.7 Å². The van der Waals surface area contributed by atoms with Crippen LogP contribution in [0.4, 0.5) is 10.7 Å². The Morgan fingerprint density at radius 2 is 1.52 bits per heavy atom. The van der Waals surface area contributed by atoms with Crippen LogP contribution in [-0.4, -0.2) is 21.1 Å². The van der Waals surface area contributed by atoms with Gasteiger partial charge in [-0.2, -0.15) is 4.37 Å². The van der Waals surface area contributed by atoms with E-state index < -0.39 is 0 Å². The van der Waals surface area contributed by atoms with Gasteiger partial charge in [0, 0.05) is 23.4 Å². The van der Waals surface area contributed by atoms with Crippen LogP contribution in [0.1, 0.15) is 27.0 Å². The van der Waals surface area contributed by atoms with Crippen molar-refractivity contribution in [2.24, 2.45) is 0 Å². The van der Waals surface area contributed by atoms with Crippen LogP contribution in [0.15, 0.2) is 84.9 Å². The average Bonchev–Trinajstić information content (AvgIpc) is 3.18. The Kier molecular flexibility index (Phi) is 6.05. The number of anilines is 2. The number of carbonyl (C=O) groups is 1. The highest BCUT2D eigenvalue weighted by Gasteiger charge is 2.18. The number of rotatable bonds is 7. The Hall–Kier alpha value is -3.97. The van der Waals surface area contributed by atoms with Crippen LogP contribution < -0.4 is 10.6 Å². The summed E-state index contributed by atoms with van der Waals surface area (Å²) in [6.45, 7) is 0.463. The van der Waals surface area contributed by atoms with Crippen molar-refractivity contribution in [1.82, 2.24) is 9.69 Å². The first-order valence-electron chi connectivity index (χ1n) is 9.64. The van der Waals surface area contributed by atoms with Crippen molar-refractivity contribution in [3.63, 3.8) is 0 Å². The number of carbonyl (C=O) groups excluding carboxylic acids is 1. The first-order valence-corrected chi connectivity index (χ1v) is 10.4. The molecule has 0 radical (unpaired) electrons. The van der Waals surface area contributed by atoms with Crippen LogP contribution in [0.3, 0.4) is 0 Å². The molecule has 1 heterocycles. The highest BCUT2D eigenvalue weighted by atomic mass is 32.1. The van der Waals surface area contributed by atoms with Gasteiger partial charge in [-0.3, -0.25) is 10.2 Å². The molecule has 1 aromatic heterocycles. The molecule has 0 aliphatic rings. The zero-order valence-electron chi connectivity index (χ0n) is 16.5. The van der Waals surface area contributed by atoms with Gasteiger partial charge in [0.2, 0.25) is 5.88 Å².